The number of hydrogen-bond acceptors (Lipinski definition) is 0. The van der Waals surface area contributed by atoms with Crippen molar-refractivity contribution in [3.63, 3.8) is 0 Å². The predicted molar refractivity (Wildman–Crippen MR) is 5.75 cm³/mol. The van der Waals surface area contributed by atoms with E-state index in [9.17, 15) is 0 Å². The van der Waals surface area contributed by atoms with Gasteiger partial charge in [-0.2, -0.15) is 0 Å². The van der Waals surface area contributed by atoms with Gasteiger partial charge in [0.25, 0.3) is 0 Å². The van der Waals surface area contributed by atoms with Gasteiger partial charge in [0.2, 0.25) is 0 Å². The first-order valence-electron chi connectivity index (χ1n) is 0. The summed E-state index contributed by atoms with van der Waals surface area (Å²) in [7, 11) is 0. The first-order valence-corrected chi connectivity index (χ1v) is 0. The van der Waals surface area contributed by atoms with Gasteiger partial charge in [0.1, 0.15) is 0 Å². The molecule has 0 aliphatic rings. The van der Waals surface area contributed by atoms with Crippen LogP contribution in [0.1, 0.15) is 0 Å². The molecule has 0 heterocycles. The molecule has 0 aromatic heterocycles. The molecule has 0 bridgehead atoms. The summed E-state index contributed by atoms with van der Waals surface area (Å²) in [5.74, 6) is 0. The van der Waals surface area contributed by atoms with E-state index in [2.05, 4.69) is 0 Å². The maximum Gasteiger partial charge on any atom is 0 e. The van der Waals surface area contributed by atoms with Gasteiger partial charge >= 0.3 is 0 Å². The molecule has 0 fully saturated rings. The third-order valence-corrected chi connectivity index (χ3v) is 0. The van der Waals surface area contributed by atoms with Gasteiger partial charge in [0, 0.05) is 115 Å². The van der Waals surface area contributed by atoms with Gasteiger partial charge in [0.15, 0.2) is 0 Å². The molecule has 23 valence electrons. The van der Waals surface area contributed by atoms with Crippen LogP contribution in [0.3, 0.4) is 0 Å². The maximum atomic E-state index is 0. The Hall–Kier alpha value is 3.71. The Morgan fingerprint density at radius 1 is 1.00 bits per heavy atom. The van der Waals surface area contributed by atoms with Crippen LogP contribution < -0.4 is 0 Å². The van der Waals surface area contributed by atoms with Crippen molar-refractivity contribution in [2.75, 3.05) is 0 Å². The molecule has 0 rings (SSSR count). The molecule has 0 aromatic rings. The van der Waals surface area contributed by atoms with Crippen LogP contribution in [-0.2, 0) is 34.1 Å². The Labute approximate surface area is 112 Å². The fraction of sp³-hybridized carbons (Fsp3) is 0. The first-order chi connectivity index (χ1) is 0. The Bertz CT molecular complexity index is 8.00. The van der Waals surface area contributed by atoms with Crippen molar-refractivity contribution in [2.45, 2.75) is 0 Å². The minimum absolute atomic E-state index is 0. The quantitative estimate of drug-likeness (QED) is 0.525. The summed E-state index contributed by atoms with van der Waals surface area (Å²) in [5, 5.41) is 0. The van der Waals surface area contributed by atoms with Crippen LogP contribution in [0.4, 0.5) is 0 Å². The van der Waals surface area contributed by atoms with E-state index in [-0.39, 0.29) is 115 Å². The summed E-state index contributed by atoms with van der Waals surface area (Å²) in [6, 6.07) is 0. The summed E-state index contributed by atoms with van der Waals surface area (Å²) >= 11 is 0. The van der Waals surface area contributed by atoms with Crippen LogP contribution in [0.15, 0.2) is 0 Å². The van der Waals surface area contributed by atoms with E-state index in [1.165, 1.54) is 0 Å². The molecule has 0 N–H and O–H groups in total. The van der Waals surface area contributed by atoms with Crippen molar-refractivity contribution in [2.24, 2.45) is 0 Å². The molecule has 0 saturated heterocycles. The second-order valence-electron chi connectivity index (χ2n) is 0. The van der Waals surface area contributed by atoms with Gasteiger partial charge in [-0.3, -0.25) is 0 Å². The Balaban J connectivity index is 0. The van der Waals surface area contributed by atoms with Crippen molar-refractivity contribution in [3.05, 3.63) is 0 Å². The van der Waals surface area contributed by atoms with Gasteiger partial charge in [-0.15, -0.1) is 0 Å². The van der Waals surface area contributed by atoms with E-state index in [1.807, 2.05) is 0 Å². The van der Waals surface area contributed by atoms with Crippen LogP contribution in [0.2, 0.25) is 0 Å². The van der Waals surface area contributed by atoms with Gasteiger partial charge < -0.3 is 0 Å². The number of rotatable bonds is 0. The normalized spacial score (nSPS) is 0. The average Bonchev–Trinajstić information content (AvgIpc) is 0. The predicted octanol–water partition coefficient (Wildman–Crippen LogP) is -0.386. The van der Waals surface area contributed by atoms with Crippen LogP contribution in [0, 0.1) is 35.6 Å². The van der Waals surface area contributed by atoms with Crippen molar-refractivity contribution in [1.82, 2.24) is 0 Å². The molecule has 4 heavy (non-hydrogen) atoms. The third-order valence-electron chi connectivity index (χ3n) is 0. The van der Waals surface area contributed by atoms with Crippen LogP contribution in [0.5, 0.6) is 0 Å². The molecule has 0 aliphatic heterocycles. The van der Waals surface area contributed by atoms with E-state index in [4.69, 9.17) is 0 Å². The zero-order valence-corrected chi connectivity index (χ0v) is 11.2. The molecule has 0 aliphatic carbocycles. The zero-order valence-electron chi connectivity index (χ0n) is 1.96. The summed E-state index contributed by atoms with van der Waals surface area (Å²) in [5.41, 5.74) is 0. The molecule has 5 radical (unpaired) electrons. The van der Waals surface area contributed by atoms with Crippen molar-refractivity contribution < 1.29 is 69.7 Å². The molecule has 0 unspecified atom stereocenters. The fourth-order valence-electron chi connectivity index (χ4n) is 0. The molecule has 0 nitrogen and oxygen atoms in total. The minimum atomic E-state index is 0. The minimum Gasteiger partial charge on any atom is 0 e. The van der Waals surface area contributed by atoms with E-state index < -0.39 is 0 Å². The fourth-order valence-corrected chi connectivity index (χ4v) is 0. The molecule has 4 heteroatoms. The van der Waals surface area contributed by atoms with Crippen molar-refractivity contribution >= 4 is 45.5 Å². The standard InChI is InChI=1S/Cu.La.Mn.Sr. The molecule has 0 saturated carbocycles. The molecular weight excluding hydrogens is 345 g/mol. The van der Waals surface area contributed by atoms with E-state index >= 15 is 0 Å². The Kier molecular flexibility index (Phi) is 100. The monoisotopic (exact) mass is 345 g/mol. The summed E-state index contributed by atoms with van der Waals surface area (Å²) in [6.45, 7) is 0. The van der Waals surface area contributed by atoms with Crippen molar-refractivity contribution in [3.8, 4) is 0 Å². The second kappa shape index (κ2) is 15.9. The van der Waals surface area contributed by atoms with Gasteiger partial charge in [0.05, 0.1) is 0 Å². The summed E-state index contributed by atoms with van der Waals surface area (Å²) < 4.78 is 0. The average molecular weight is 345 g/mol. The van der Waals surface area contributed by atoms with Crippen LogP contribution >= 0.6 is 0 Å². The smallest absolute Gasteiger partial charge is 0 e. The first kappa shape index (κ1) is 25.2. The molecular formula is CuLaMnSr. The summed E-state index contributed by atoms with van der Waals surface area (Å²) in [6.07, 6.45) is 0. The third kappa shape index (κ3) is 9.21. The SMILES string of the molecule is [Cu].[La].[Mn].[Sr]. The topological polar surface area (TPSA) is 0 Å². The van der Waals surface area contributed by atoms with E-state index in [1.54, 1.807) is 0 Å². The van der Waals surface area contributed by atoms with Gasteiger partial charge in [-0.05, 0) is 0 Å². The molecule has 0 spiro atoms. The Morgan fingerprint density at radius 3 is 1.00 bits per heavy atom. The second-order valence-corrected chi connectivity index (χ2v) is 0. The molecule has 0 aromatic carbocycles. The van der Waals surface area contributed by atoms with Crippen LogP contribution in [0.25, 0.3) is 0 Å². The summed E-state index contributed by atoms with van der Waals surface area (Å²) in [4.78, 5) is 0. The van der Waals surface area contributed by atoms with E-state index in [0.29, 0.717) is 0 Å². The molecule has 0 amide bonds. The Morgan fingerprint density at radius 2 is 1.00 bits per heavy atom. The van der Waals surface area contributed by atoms with E-state index in [0.717, 1.165) is 0 Å². The van der Waals surface area contributed by atoms with Gasteiger partial charge in [-0.25, -0.2) is 0 Å². The number of hydrogen-bond donors (Lipinski definition) is 0. The maximum absolute atomic E-state index is 0. The largest absolute Gasteiger partial charge is 0 e. The van der Waals surface area contributed by atoms with Crippen LogP contribution in [-0.4, -0.2) is 45.5 Å². The van der Waals surface area contributed by atoms with Gasteiger partial charge in [-0.1, -0.05) is 0 Å². The molecule has 0 atom stereocenters. The van der Waals surface area contributed by atoms with Crippen molar-refractivity contribution in [1.29, 1.82) is 0 Å². The zero-order chi connectivity index (χ0) is 0.